The average molecular weight is 254 g/mol. The smallest absolute Gasteiger partial charge is 0.337 e. The largest absolute Gasteiger partial charge is 0.467 e. The van der Waals surface area contributed by atoms with Gasteiger partial charge in [-0.3, -0.25) is 0 Å². The number of hydrogen-bond acceptors (Lipinski definition) is 5. The van der Waals surface area contributed by atoms with Crippen molar-refractivity contribution in [2.75, 3.05) is 7.11 Å². The van der Waals surface area contributed by atoms with E-state index < -0.39 is 23.6 Å². The molecule has 8 heteroatoms. The van der Waals surface area contributed by atoms with Crippen LogP contribution in [0.15, 0.2) is 24.5 Å². The summed E-state index contributed by atoms with van der Waals surface area (Å²) >= 11 is 0. The van der Waals surface area contributed by atoms with Gasteiger partial charge in [0, 0.05) is 0 Å². The van der Waals surface area contributed by atoms with E-state index >= 15 is 0 Å². The van der Waals surface area contributed by atoms with Gasteiger partial charge in [0.2, 0.25) is 0 Å². The number of carbonyl (C=O) groups is 1. The van der Waals surface area contributed by atoms with Gasteiger partial charge in [-0.1, -0.05) is 6.07 Å². The van der Waals surface area contributed by atoms with Crippen LogP contribution in [0.5, 0.6) is 0 Å². The number of carbonyl (C=O) groups excluding carboxylic acids is 1. The highest BCUT2D eigenvalue weighted by Gasteiger charge is 2.26. The number of benzene rings is 1. The Morgan fingerprint density at radius 2 is 2.17 bits per heavy atom. The number of halogens is 2. The van der Waals surface area contributed by atoms with E-state index in [2.05, 4.69) is 20.1 Å². The second kappa shape index (κ2) is 4.86. The zero-order chi connectivity index (χ0) is 13.1. The maximum absolute atomic E-state index is 13.2. The quantitative estimate of drug-likeness (QED) is 0.754. The number of methoxy groups -OCH3 is 1. The standard InChI is InChI=1S/C10H8F2N4O2/c1-18-10(17)9(16-14-5-13-15-16)6-2-3-7(11)8(12)4-6/h2-5,9H,1H3. The van der Waals surface area contributed by atoms with E-state index in [-0.39, 0.29) is 5.56 Å². The molecular formula is C10H8F2N4O2. The molecule has 1 aromatic carbocycles. The van der Waals surface area contributed by atoms with Crippen LogP contribution in [-0.2, 0) is 9.53 Å². The van der Waals surface area contributed by atoms with Crippen LogP contribution in [-0.4, -0.2) is 33.3 Å². The molecule has 0 saturated carbocycles. The van der Waals surface area contributed by atoms with Gasteiger partial charge < -0.3 is 4.74 Å². The van der Waals surface area contributed by atoms with Crippen molar-refractivity contribution in [3.63, 3.8) is 0 Å². The van der Waals surface area contributed by atoms with E-state index in [1.807, 2.05) is 0 Å². The fourth-order valence-electron chi connectivity index (χ4n) is 1.45. The molecule has 0 amide bonds. The molecule has 1 unspecified atom stereocenters. The van der Waals surface area contributed by atoms with E-state index in [4.69, 9.17) is 0 Å². The van der Waals surface area contributed by atoms with E-state index in [0.29, 0.717) is 0 Å². The predicted octanol–water partition coefficient (Wildman–Crippen LogP) is 0.714. The Morgan fingerprint density at radius 1 is 1.39 bits per heavy atom. The van der Waals surface area contributed by atoms with Crippen LogP contribution >= 0.6 is 0 Å². The fraction of sp³-hybridized carbons (Fsp3) is 0.200. The monoisotopic (exact) mass is 254 g/mol. The van der Waals surface area contributed by atoms with Gasteiger partial charge in [0.05, 0.1) is 7.11 Å². The Hall–Kier alpha value is -2.38. The minimum absolute atomic E-state index is 0.166. The van der Waals surface area contributed by atoms with Crippen LogP contribution in [0.3, 0.4) is 0 Å². The van der Waals surface area contributed by atoms with Gasteiger partial charge in [-0.15, -0.1) is 15.0 Å². The van der Waals surface area contributed by atoms with Gasteiger partial charge in [-0.2, -0.15) is 0 Å². The molecule has 0 fully saturated rings. The maximum atomic E-state index is 13.2. The van der Waals surface area contributed by atoms with Crippen LogP contribution < -0.4 is 0 Å². The van der Waals surface area contributed by atoms with Crippen LogP contribution in [0.25, 0.3) is 0 Å². The van der Waals surface area contributed by atoms with Crippen molar-refractivity contribution in [3.8, 4) is 0 Å². The highest BCUT2D eigenvalue weighted by molar-refractivity contribution is 5.77. The maximum Gasteiger partial charge on any atom is 0.337 e. The van der Waals surface area contributed by atoms with Crippen LogP contribution in [0.1, 0.15) is 11.6 Å². The number of ether oxygens (including phenoxy) is 1. The Kier molecular flexibility index (Phi) is 3.26. The first-order chi connectivity index (χ1) is 8.63. The molecule has 0 aliphatic rings. The van der Waals surface area contributed by atoms with Crippen molar-refractivity contribution in [3.05, 3.63) is 41.7 Å². The average Bonchev–Trinajstić information content (AvgIpc) is 2.87. The van der Waals surface area contributed by atoms with E-state index in [1.165, 1.54) is 13.2 Å². The molecule has 1 aromatic heterocycles. The van der Waals surface area contributed by atoms with Gasteiger partial charge in [-0.05, 0) is 22.9 Å². The molecule has 1 atom stereocenters. The summed E-state index contributed by atoms with van der Waals surface area (Å²) in [4.78, 5) is 12.6. The molecule has 0 aliphatic carbocycles. The first kappa shape index (κ1) is 12.1. The summed E-state index contributed by atoms with van der Waals surface area (Å²) in [6.45, 7) is 0. The van der Waals surface area contributed by atoms with Gasteiger partial charge in [0.25, 0.3) is 0 Å². The van der Waals surface area contributed by atoms with Crippen molar-refractivity contribution in [1.82, 2.24) is 20.2 Å². The lowest BCUT2D eigenvalue weighted by Gasteiger charge is -2.13. The van der Waals surface area contributed by atoms with E-state index in [1.54, 1.807) is 0 Å². The molecule has 0 radical (unpaired) electrons. The minimum atomic E-state index is -1.10. The van der Waals surface area contributed by atoms with Crippen molar-refractivity contribution in [2.45, 2.75) is 6.04 Å². The Labute approximate surface area is 100 Å². The lowest BCUT2D eigenvalue weighted by molar-refractivity contribution is -0.143. The van der Waals surface area contributed by atoms with Gasteiger partial charge in [0.15, 0.2) is 24.0 Å². The first-order valence-corrected chi connectivity index (χ1v) is 4.88. The summed E-state index contributed by atoms with van der Waals surface area (Å²) in [5, 5.41) is 10.7. The SMILES string of the molecule is COC(=O)C(c1ccc(F)c(F)c1)n1ncnn1. The molecule has 0 aliphatic heterocycles. The zero-order valence-corrected chi connectivity index (χ0v) is 9.25. The zero-order valence-electron chi connectivity index (χ0n) is 9.25. The molecule has 94 valence electrons. The third kappa shape index (κ3) is 2.17. The molecule has 0 N–H and O–H groups in total. The second-order valence-electron chi connectivity index (χ2n) is 3.36. The molecule has 0 spiro atoms. The molecule has 2 rings (SSSR count). The molecule has 0 saturated heterocycles. The predicted molar refractivity (Wildman–Crippen MR) is 54.3 cm³/mol. The van der Waals surface area contributed by atoms with Crippen molar-refractivity contribution >= 4 is 5.97 Å². The molecular weight excluding hydrogens is 246 g/mol. The summed E-state index contributed by atoms with van der Waals surface area (Å²) in [7, 11) is 1.17. The summed E-state index contributed by atoms with van der Waals surface area (Å²) < 4.78 is 30.6. The minimum Gasteiger partial charge on any atom is -0.467 e. The fourth-order valence-corrected chi connectivity index (χ4v) is 1.45. The number of tetrazole rings is 1. The van der Waals surface area contributed by atoms with Gasteiger partial charge >= 0.3 is 5.97 Å². The van der Waals surface area contributed by atoms with Crippen LogP contribution in [0.2, 0.25) is 0 Å². The molecule has 18 heavy (non-hydrogen) atoms. The first-order valence-electron chi connectivity index (χ1n) is 4.88. The molecule has 0 bridgehead atoms. The summed E-state index contributed by atoms with van der Waals surface area (Å²) in [5.41, 5.74) is 0.166. The summed E-state index contributed by atoms with van der Waals surface area (Å²) in [6, 6.07) is 1.95. The highest BCUT2D eigenvalue weighted by atomic mass is 19.2. The van der Waals surface area contributed by atoms with Gasteiger partial charge in [0.1, 0.15) is 0 Å². The van der Waals surface area contributed by atoms with E-state index in [9.17, 15) is 13.6 Å². The lowest BCUT2D eigenvalue weighted by Crippen LogP contribution is -2.24. The Bertz CT molecular complexity index is 559. The van der Waals surface area contributed by atoms with Gasteiger partial charge in [-0.25, -0.2) is 13.6 Å². The molecule has 2 aromatic rings. The van der Waals surface area contributed by atoms with E-state index in [0.717, 1.165) is 23.3 Å². The molecule has 6 nitrogen and oxygen atoms in total. The number of nitrogens with zero attached hydrogens (tertiary/aromatic N) is 4. The second-order valence-corrected chi connectivity index (χ2v) is 3.36. The van der Waals surface area contributed by atoms with Crippen LogP contribution in [0.4, 0.5) is 8.78 Å². The summed E-state index contributed by atoms with van der Waals surface area (Å²) in [5.74, 6) is -2.78. The lowest BCUT2D eigenvalue weighted by atomic mass is 10.1. The number of aromatic nitrogens is 4. The highest BCUT2D eigenvalue weighted by Crippen LogP contribution is 2.20. The third-order valence-electron chi connectivity index (χ3n) is 2.28. The Morgan fingerprint density at radius 3 is 2.72 bits per heavy atom. The normalized spacial score (nSPS) is 12.2. The topological polar surface area (TPSA) is 69.9 Å². The van der Waals surface area contributed by atoms with Crippen LogP contribution in [0, 0.1) is 11.6 Å². The summed E-state index contributed by atoms with van der Waals surface area (Å²) in [6.07, 6.45) is 1.12. The third-order valence-corrected chi connectivity index (χ3v) is 2.28. The number of hydrogen-bond donors (Lipinski definition) is 0. The molecule has 1 heterocycles. The van der Waals surface area contributed by atoms with Crippen molar-refractivity contribution in [1.29, 1.82) is 0 Å². The van der Waals surface area contributed by atoms with Crippen molar-refractivity contribution in [2.24, 2.45) is 0 Å². The number of rotatable bonds is 3. The van der Waals surface area contributed by atoms with Crippen molar-refractivity contribution < 1.29 is 18.3 Å². The number of esters is 1. The Balaban J connectivity index is 2.46.